The highest BCUT2D eigenvalue weighted by Crippen LogP contribution is 2.30. The lowest BCUT2D eigenvalue weighted by Gasteiger charge is -2.26. The number of nitrogens with one attached hydrogen (secondary N) is 1. The van der Waals surface area contributed by atoms with E-state index in [0.717, 1.165) is 56.1 Å². The van der Waals surface area contributed by atoms with E-state index in [0.29, 0.717) is 6.61 Å². The molecule has 1 aliphatic heterocycles. The number of aromatic amines is 1. The first-order valence-corrected chi connectivity index (χ1v) is 7.84. The molecule has 0 unspecified atom stereocenters. The predicted octanol–water partition coefficient (Wildman–Crippen LogP) is 2.15. The van der Waals surface area contributed by atoms with Crippen molar-refractivity contribution in [3.63, 3.8) is 0 Å². The molecule has 1 saturated heterocycles. The molecular formula is C17H22N3O2. The van der Waals surface area contributed by atoms with Crippen molar-refractivity contribution in [2.24, 2.45) is 0 Å². The molecule has 1 fully saturated rings. The van der Waals surface area contributed by atoms with Gasteiger partial charge in [-0.25, -0.2) is 0 Å². The summed E-state index contributed by atoms with van der Waals surface area (Å²) in [6, 6.07) is 7.22. The molecule has 117 valence electrons. The van der Waals surface area contributed by atoms with Gasteiger partial charge in [-0.2, -0.15) is 5.10 Å². The quantitative estimate of drug-likeness (QED) is 0.888. The van der Waals surface area contributed by atoms with Gasteiger partial charge in [0.2, 0.25) is 0 Å². The molecule has 1 aromatic carbocycles. The molecule has 1 N–H and O–H groups in total. The summed E-state index contributed by atoms with van der Waals surface area (Å²) >= 11 is 0. The van der Waals surface area contributed by atoms with Gasteiger partial charge in [0, 0.05) is 43.0 Å². The number of H-pyrrole nitrogens is 1. The number of rotatable bonds is 6. The molecule has 1 radical (unpaired) electrons. The molecule has 0 amide bonds. The van der Waals surface area contributed by atoms with Crippen LogP contribution in [0.5, 0.6) is 5.75 Å². The Balaban J connectivity index is 1.66. The molecule has 0 aliphatic carbocycles. The van der Waals surface area contributed by atoms with Gasteiger partial charge >= 0.3 is 0 Å². The first-order chi connectivity index (χ1) is 10.9. The third-order valence-electron chi connectivity index (χ3n) is 3.98. The van der Waals surface area contributed by atoms with Crippen molar-refractivity contribution in [3.05, 3.63) is 36.2 Å². The maximum atomic E-state index is 6.00. The maximum absolute atomic E-state index is 6.00. The van der Waals surface area contributed by atoms with Crippen LogP contribution in [-0.2, 0) is 11.2 Å². The normalized spacial score (nSPS) is 15.9. The molecule has 22 heavy (non-hydrogen) atoms. The number of nitrogens with zero attached hydrogens (tertiary/aromatic N) is 2. The minimum atomic E-state index is 0.679. The molecular weight excluding hydrogens is 278 g/mol. The van der Waals surface area contributed by atoms with E-state index in [9.17, 15) is 0 Å². The van der Waals surface area contributed by atoms with E-state index in [4.69, 9.17) is 9.47 Å². The van der Waals surface area contributed by atoms with Crippen molar-refractivity contribution in [1.29, 1.82) is 0 Å². The molecule has 1 aromatic heterocycles. The second-order valence-electron chi connectivity index (χ2n) is 5.34. The Labute approximate surface area is 131 Å². The fraction of sp³-hybridized carbons (Fsp3) is 0.471. The molecule has 0 bridgehead atoms. The van der Waals surface area contributed by atoms with Crippen molar-refractivity contribution < 1.29 is 9.47 Å². The molecule has 0 spiro atoms. The van der Waals surface area contributed by atoms with Crippen molar-refractivity contribution in [3.8, 4) is 16.9 Å². The Bertz CT molecular complexity index is 578. The Kier molecular flexibility index (Phi) is 5.08. The summed E-state index contributed by atoms with van der Waals surface area (Å²) in [4.78, 5) is 2.37. The van der Waals surface area contributed by atoms with Crippen LogP contribution in [0.3, 0.4) is 0 Å². The summed E-state index contributed by atoms with van der Waals surface area (Å²) in [5.74, 6) is 0.856. The minimum absolute atomic E-state index is 0.679. The van der Waals surface area contributed by atoms with E-state index in [2.05, 4.69) is 34.2 Å². The number of hydrogen-bond donors (Lipinski definition) is 1. The van der Waals surface area contributed by atoms with Gasteiger partial charge in [0.1, 0.15) is 12.4 Å². The lowest BCUT2D eigenvalue weighted by Crippen LogP contribution is -2.38. The lowest BCUT2D eigenvalue weighted by molar-refractivity contribution is 0.0322. The SMILES string of the molecule is CCc1c(OCCN2CCOCC2)[c]ccc1-c1cn[nH]c1. The third kappa shape index (κ3) is 3.48. The van der Waals surface area contributed by atoms with Crippen LogP contribution in [0.4, 0.5) is 0 Å². The Morgan fingerprint density at radius 3 is 3.00 bits per heavy atom. The van der Waals surface area contributed by atoms with Crippen LogP contribution in [0.2, 0.25) is 0 Å². The fourth-order valence-corrected chi connectivity index (χ4v) is 2.76. The number of ether oxygens (including phenoxy) is 2. The van der Waals surface area contributed by atoms with E-state index in [-0.39, 0.29) is 0 Å². The van der Waals surface area contributed by atoms with Crippen LogP contribution in [0.15, 0.2) is 24.5 Å². The number of morpholine rings is 1. The molecule has 3 rings (SSSR count). The second-order valence-corrected chi connectivity index (χ2v) is 5.34. The Hall–Kier alpha value is -1.85. The number of hydrogen-bond acceptors (Lipinski definition) is 4. The monoisotopic (exact) mass is 300 g/mol. The smallest absolute Gasteiger partial charge is 0.131 e. The summed E-state index contributed by atoms with van der Waals surface area (Å²) in [5, 5.41) is 6.90. The van der Waals surface area contributed by atoms with Gasteiger partial charge in [-0.3, -0.25) is 10.00 Å². The van der Waals surface area contributed by atoms with Crippen LogP contribution in [0.1, 0.15) is 12.5 Å². The van der Waals surface area contributed by atoms with Crippen LogP contribution < -0.4 is 4.74 Å². The lowest BCUT2D eigenvalue weighted by atomic mass is 10.00. The topological polar surface area (TPSA) is 50.4 Å². The van der Waals surface area contributed by atoms with Crippen molar-refractivity contribution in [2.45, 2.75) is 13.3 Å². The summed E-state index contributed by atoms with van der Waals surface area (Å²) in [7, 11) is 0. The number of aromatic nitrogens is 2. The van der Waals surface area contributed by atoms with E-state index in [1.165, 1.54) is 5.56 Å². The summed E-state index contributed by atoms with van der Waals surface area (Å²) in [6.45, 7) is 7.37. The molecule has 0 atom stereocenters. The maximum Gasteiger partial charge on any atom is 0.131 e. The summed E-state index contributed by atoms with van der Waals surface area (Å²) < 4.78 is 11.4. The van der Waals surface area contributed by atoms with Gasteiger partial charge in [0.05, 0.1) is 19.4 Å². The van der Waals surface area contributed by atoms with Crippen LogP contribution in [0.25, 0.3) is 11.1 Å². The molecule has 2 aromatic rings. The van der Waals surface area contributed by atoms with Gasteiger partial charge in [0.25, 0.3) is 0 Å². The molecule has 2 heterocycles. The molecule has 5 heteroatoms. The van der Waals surface area contributed by atoms with E-state index in [1.807, 2.05) is 18.5 Å². The molecule has 1 aliphatic rings. The summed E-state index contributed by atoms with van der Waals surface area (Å²) in [5.41, 5.74) is 3.44. The second kappa shape index (κ2) is 7.42. The average Bonchev–Trinajstić information content (AvgIpc) is 3.10. The zero-order chi connectivity index (χ0) is 15.2. The zero-order valence-corrected chi connectivity index (χ0v) is 13.0. The van der Waals surface area contributed by atoms with Gasteiger partial charge in [-0.05, 0) is 18.1 Å². The first kappa shape index (κ1) is 15.1. The van der Waals surface area contributed by atoms with Crippen molar-refractivity contribution in [1.82, 2.24) is 15.1 Å². The average molecular weight is 300 g/mol. The first-order valence-electron chi connectivity index (χ1n) is 7.84. The standard InChI is InChI=1S/C17H22N3O2/c1-2-15-16(14-12-18-19-13-14)4-3-5-17(15)22-11-8-20-6-9-21-10-7-20/h3-4,12-13H,2,6-11H2,1H3,(H,18,19). The molecule has 5 nitrogen and oxygen atoms in total. The Morgan fingerprint density at radius 2 is 2.27 bits per heavy atom. The van der Waals surface area contributed by atoms with Gasteiger partial charge in [0.15, 0.2) is 0 Å². The minimum Gasteiger partial charge on any atom is -0.491 e. The highest BCUT2D eigenvalue weighted by atomic mass is 16.5. The highest BCUT2D eigenvalue weighted by molar-refractivity contribution is 5.68. The van der Waals surface area contributed by atoms with Crippen LogP contribution in [-0.4, -0.2) is 54.6 Å². The fourth-order valence-electron chi connectivity index (χ4n) is 2.76. The molecule has 0 saturated carbocycles. The predicted molar refractivity (Wildman–Crippen MR) is 85.0 cm³/mol. The van der Waals surface area contributed by atoms with Crippen LogP contribution in [0, 0.1) is 6.07 Å². The Morgan fingerprint density at radius 1 is 1.41 bits per heavy atom. The zero-order valence-electron chi connectivity index (χ0n) is 13.0. The number of benzene rings is 1. The van der Waals surface area contributed by atoms with Crippen LogP contribution >= 0.6 is 0 Å². The van der Waals surface area contributed by atoms with Gasteiger partial charge in [-0.15, -0.1) is 0 Å². The largest absolute Gasteiger partial charge is 0.491 e. The van der Waals surface area contributed by atoms with Gasteiger partial charge in [-0.1, -0.05) is 13.0 Å². The van der Waals surface area contributed by atoms with E-state index in [1.54, 1.807) is 0 Å². The van der Waals surface area contributed by atoms with Crippen molar-refractivity contribution in [2.75, 3.05) is 39.5 Å². The summed E-state index contributed by atoms with van der Waals surface area (Å²) in [6.07, 6.45) is 4.66. The highest BCUT2D eigenvalue weighted by Gasteiger charge is 2.13. The van der Waals surface area contributed by atoms with E-state index < -0.39 is 0 Å². The van der Waals surface area contributed by atoms with Gasteiger partial charge < -0.3 is 9.47 Å². The van der Waals surface area contributed by atoms with Crippen molar-refractivity contribution >= 4 is 0 Å². The van der Waals surface area contributed by atoms with E-state index >= 15 is 0 Å². The third-order valence-corrected chi connectivity index (χ3v) is 3.98.